The number of nitrogens with one attached hydrogen (secondary N) is 1. The van der Waals surface area contributed by atoms with Crippen molar-refractivity contribution in [1.29, 1.82) is 5.41 Å². The van der Waals surface area contributed by atoms with Gasteiger partial charge in [0.1, 0.15) is 11.5 Å². The van der Waals surface area contributed by atoms with E-state index in [4.69, 9.17) is 11.1 Å². The molecule has 10 heteroatoms. The number of nitrogens with two attached hydrogens (primary N) is 1. The van der Waals surface area contributed by atoms with E-state index in [1.54, 1.807) is 4.90 Å². The van der Waals surface area contributed by atoms with E-state index in [0.717, 1.165) is 12.8 Å². The molecule has 0 aliphatic carbocycles. The number of hydrogen-bond acceptors (Lipinski definition) is 6. The number of carbonyl (C=O) groups excluding carboxylic acids is 2. The van der Waals surface area contributed by atoms with Crippen molar-refractivity contribution in [3.05, 3.63) is 10.6 Å². The fraction of sp³-hybridized carbons (Fsp3) is 0.647. The molecule has 2 saturated heterocycles. The number of β-lactam (4-membered cyclic amide) rings is 1. The number of rotatable bonds is 6. The third-order valence-corrected chi connectivity index (χ3v) is 6.61. The summed E-state index contributed by atoms with van der Waals surface area (Å²) in [6.45, 7) is 2.62. The van der Waals surface area contributed by atoms with Gasteiger partial charge in [-0.1, -0.05) is 0 Å². The Bertz CT molecular complexity index is 722. The van der Waals surface area contributed by atoms with E-state index in [9.17, 15) is 24.6 Å². The molecular weight excluding hydrogens is 372 g/mol. The molecule has 0 aromatic carbocycles. The summed E-state index contributed by atoms with van der Waals surface area (Å²) >= 11 is 1.24. The average Bonchev–Trinajstić information content (AvgIpc) is 2.93. The Kier molecular flexibility index (Phi) is 5.48. The number of likely N-dealkylation sites (tertiary alicyclic amines) is 1. The van der Waals surface area contributed by atoms with Crippen LogP contribution in [0.1, 0.15) is 26.2 Å². The first-order chi connectivity index (χ1) is 12.7. The van der Waals surface area contributed by atoms with Crippen LogP contribution in [0.5, 0.6) is 0 Å². The fourth-order valence-corrected chi connectivity index (χ4v) is 5.17. The second-order valence-electron chi connectivity index (χ2n) is 7.25. The van der Waals surface area contributed by atoms with Gasteiger partial charge in [-0.3, -0.25) is 15.0 Å². The lowest BCUT2D eigenvalue weighted by Crippen LogP contribution is -2.61. The lowest BCUT2D eigenvalue weighted by Gasteiger charge is -2.44. The molecule has 0 aromatic rings. The molecule has 9 nitrogen and oxygen atoms in total. The maximum atomic E-state index is 12.2. The number of carbonyl (C=O) groups is 3. The monoisotopic (exact) mass is 396 g/mol. The van der Waals surface area contributed by atoms with E-state index in [0.29, 0.717) is 30.3 Å². The Morgan fingerprint density at radius 3 is 2.74 bits per heavy atom. The Balaban J connectivity index is 1.65. The predicted octanol–water partition coefficient (Wildman–Crippen LogP) is -0.198. The van der Waals surface area contributed by atoms with Crippen molar-refractivity contribution in [2.45, 2.75) is 38.3 Å². The molecule has 1 unspecified atom stereocenters. The van der Waals surface area contributed by atoms with Gasteiger partial charge >= 0.3 is 5.97 Å². The maximum Gasteiger partial charge on any atom is 0.353 e. The number of amidine groups is 1. The third-order valence-electron chi connectivity index (χ3n) is 5.48. The molecule has 2 fully saturated rings. The van der Waals surface area contributed by atoms with Gasteiger partial charge in [0.2, 0.25) is 11.8 Å². The van der Waals surface area contributed by atoms with Gasteiger partial charge in [-0.05, 0) is 19.8 Å². The molecule has 0 radical (unpaired) electrons. The molecular formula is C17H24N4O5S. The van der Waals surface area contributed by atoms with Gasteiger partial charge in [-0.2, -0.15) is 0 Å². The number of thioether (sulfide) groups is 1. The standard InChI is InChI=1S/C17H24N4O5S/c1-8(22)13-10-5-11(14(17(25)26)21(10)16(13)24)27-7-12(18)20-4-2-3-9(6-20)15(19)23/h8-10,13,18,22H,2-7H2,1H3,(H2,19,23)(H,25,26)/t8-,9?,10-,13-/m1/s1. The summed E-state index contributed by atoms with van der Waals surface area (Å²) in [5, 5.41) is 27.6. The number of carboxylic acids is 1. The first-order valence-corrected chi connectivity index (χ1v) is 9.93. The summed E-state index contributed by atoms with van der Waals surface area (Å²) in [4.78, 5) is 38.9. The number of aliphatic carboxylic acids is 1. The smallest absolute Gasteiger partial charge is 0.353 e. The number of carboxylic acid groups (broad SMARTS) is 1. The molecule has 5 N–H and O–H groups in total. The summed E-state index contributed by atoms with van der Waals surface area (Å²) in [5.74, 6) is -2.17. The van der Waals surface area contributed by atoms with Crippen LogP contribution in [-0.2, 0) is 14.4 Å². The number of hydrogen-bond donors (Lipinski definition) is 4. The van der Waals surface area contributed by atoms with Gasteiger partial charge in [0.15, 0.2) is 0 Å². The molecule has 0 saturated carbocycles. The Labute approximate surface area is 161 Å². The number of nitrogens with zero attached hydrogens (tertiary/aromatic N) is 2. The molecule has 0 aromatic heterocycles. The lowest BCUT2D eigenvalue weighted by molar-refractivity contribution is -0.161. The van der Waals surface area contributed by atoms with Crippen LogP contribution in [0.25, 0.3) is 0 Å². The highest BCUT2D eigenvalue weighted by Crippen LogP contribution is 2.47. The Morgan fingerprint density at radius 2 is 2.15 bits per heavy atom. The van der Waals surface area contributed by atoms with E-state index < -0.39 is 18.0 Å². The minimum Gasteiger partial charge on any atom is -0.477 e. The van der Waals surface area contributed by atoms with Gasteiger partial charge in [0, 0.05) is 24.4 Å². The van der Waals surface area contributed by atoms with Crippen molar-refractivity contribution in [3.8, 4) is 0 Å². The zero-order chi connectivity index (χ0) is 19.9. The number of primary amides is 1. The molecule has 4 atom stereocenters. The van der Waals surface area contributed by atoms with Gasteiger partial charge in [0.05, 0.1) is 29.7 Å². The molecule has 148 valence electrons. The summed E-state index contributed by atoms with van der Waals surface area (Å²) < 4.78 is 0. The zero-order valence-electron chi connectivity index (χ0n) is 15.1. The third kappa shape index (κ3) is 3.55. The molecule has 27 heavy (non-hydrogen) atoms. The highest BCUT2D eigenvalue weighted by Gasteiger charge is 2.56. The number of aliphatic hydroxyl groups excluding tert-OH is 1. The zero-order valence-corrected chi connectivity index (χ0v) is 15.9. The van der Waals surface area contributed by atoms with Crippen LogP contribution >= 0.6 is 11.8 Å². The van der Waals surface area contributed by atoms with E-state index in [1.165, 1.54) is 23.6 Å². The highest BCUT2D eigenvalue weighted by atomic mass is 32.2. The Hall–Kier alpha value is -2.07. The topological polar surface area (TPSA) is 148 Å². The van der Waals surface area contributed by atoms with Gasteiger partial charge in [-0.25, -0.2) is 4.79 Å². The van der Waals surface area contributed by atoms with E-state index in [2.05, 4.69) is 0 Å². The highest BCUT2D eigenvalue weighted by molar-refractivity contribution is 8.03. The normalized spacial score (nSPS) is 28.7. The van der Waals surface area contributed by atoms with Crippen LogP contribution < -0.4 is 5.73 Å². The second-order valence-corrected chi connectivity index (χ2v) is 8.32. The van der Waals surface area contributed by atoms with Crippen molar-refractivity contribution in [3.63, 3.8) is 0 Å². The van der Waals surface area contributed by atoms with Crippen molar-refractivity contribution >= 4 is 35.4 Å². The summed E-state index contributed by atoms with van der Waals surface area (Å²) in [6.07, 6.45) is 1.06. The minimum absolute atomic E-state index is 0.0339. The van der Waals surface area contributed by atoms with Crippen molar-refractivity contribution in [1.82, 2.24) is 9.80 Å². The maximum absolute atomic E-state index is 12.2. The first kappa shape index (κ1) is 19.7. The fourth-order valence-electron chi connectivity index (χ4n) is 4.06. The van der Waals surface area contributed by atoms with Crippen LogP contribution in [0, 0.1) is 17.2 Å². The first-order valence-electron chi connectivity index (χ1n) is 8.94. The van der Waals surface area contributed by atoms with Gasteiger partial charge < -0.3 is 25.7 Å². The molecule has 3 aliphatic heterocycles. The number of aliphatic hydroxyl groups is 1. The molecule has 3 aliphatic rings. The minimum atomic E-state index is -1.17. The van der Waals surface area contributed by atoms with Crippen LogP contribution in [0.4, 0.5) is 0 Å². The molecule has 3 heterocycles. The summed E-state index contributed by atoms with van der Waals surface area (Å²) in [6, 6.07) is -0.325. The summed E-state index contributed by atoms with van der Waals surface area (Å²) in [5.41, 5.74) is 5.34. The largest absolute Gasteiger partial charge is 0.477 e. The Morgan fingerprint density at radius 1 is 1.44 bits per heavy atom. The van der Waals surface area contributed by atoms with Gasteiger partial charge in [0.25, 0.3) is 0 Å². The van der Waals surface area contributed by atoms with Crippen LogP contribution in [0.2, 0.25) is 0 Å². The average molecular weight is 396 g/mol. The number of fused-ring (bicyclic) bond motifs is 1. The van der Waals surface area contributed by atoms with Crippen molar-refractivity contribution in [2.24, 2.45) is 17.6 Å². The van der Waals surface area contributed by atoms with Crippen molar-refractivity contribution < 1.29 is 24.6 Å². The molecule has 2 amide bonds. The second kappa shape index (κ2) is 7.51. The van der Waals surface area contributed by atoms with Crippen LogP contribution in [0.3, 0.4) is 0 Å². The molecule has 0 spiro atoms. The molecule has 3 rings (SSSR count). The van der Waals surface area contributed by atoms with Gasteiger partial charge in [-0.15, -0.1) is 11.8 Å². The van der Waals surface area contributed by atoms with E-state index in [-0.39, 0.29) is 35.2 Å². The quantitative estimate of drug-likeness (QED) is 0.276. The molecule has 0 bridgehead atoms. The van der Waals surface area contributed by atoms with Crippen molar-refractivity contribution in [2.75, 3.05) is 18.8 Å². The lowest BCUT2D eigenvalue weighted by atomic mass is 9.83. The summed E-state index contributed by atoms with van der Waals surface area (Å²) in [7, 11) is 0. The van der Waals surface area contributed by atoms with E-state index in [1.807, 2.05) is 0 Å². The predicted molar refractivity (Wildman–Crippen MR) is 98.8 cm³/mol. The van der Waals surface area contributed by atoms with E-state index >= 15 is 0 Å². The van der Waals surface area contributed by atoms with Crippen LogP contribution in [-0.4, -0.2) is 74.6 Å². The number of piperidine rings is 1. The number of amides is 2. The van der Waals surface area contributed by atoms with Crippen LogP contribution in [0.15, 0.2) is 10.6 Å². The SMILES string of the molecule is C[C@@H](O)[C@H]1C(=O)N2C(C(=O)O)=C(SCC(=N)N3CCCC(C(N)=O)C3)C[C@H]12.